The molecule has 1 amide bonds. The molecule has 0 fully saturated rings. The van der Waals surface area contributed by atoms with Gasteiger partial charge in [-0.25, -0.2) is 0 Å². The molecular weight excluding hydrogens is 316 g/mol. The van der Waals surface area contributed by atoms with E-state index in [1.54, 1.807) is 43.1 Å². The van der Waals surface area contributed by atoms with Crippen molar-refractivity contribution in [3.63, 3.8) is 0 Å². The topological polar surface area (TPSA) is 72.6 Å². The Labute approximate surface area is 144 Å². The van der Waals surface area contributed by atoms with E-state index in [1.807, 2.05) is 13.8 Å². The van der Waals surface area contributed by atoms with E-state index in [0.717, 1.165) is 0 Å². The van der Waals surface area contributed by atoms with Crippen LogP contribution in [0, 0.1) is 5.41 Å². The summed E-state index contributed by atoms with van der Waals surface area (Å²) >= 11 is 0. The van der Waals surface area contributed by atoms with E-state index in [4.69, 9.17) is 10.5 Å². The highest BCUT2D eigenvalue weighted by atomic mass is 35.5. The maximum Gasteiger partial charge on any atom is 0.263 e. The number of benzene rings is 1. The van der Waals surface area contributed by atoms with Crippen molar-refractivity contribution in [2.45, 2.75) is 33.8 Å². The largest absolute Gasteiger partial charge is 0.481 e. The number of carbonyl (C=O) groups excluding carboxylic acids is 2. The van der Waals surface area contributed by atoms with E-state index in [2.05, 4.69) is 0 Å². The molecule has 1 atom stereocenters. The molecule has 1 aromatic carbocycles. The third-order valence-corrected chi connectivity index (χ3v) is 3.50. The van der Waals surface area contributed by atoms with Crippen LogP contribution in [0.3, 0.4) is 0 Å². The van der Waals surface area contributed by atoms with Gasteiger partial charge in [-0.2, -0.15) is 0 Å². The summed E-state index contributed by atoms with van der Waals surface area (Å²) in [6.45, 7) is 8.28. The molecule has 0 heterocycles. The standard InChI is InChI=1S/C17H26N2O3.ClH/c1-12(20)14-7-6-8-15(9-14)22-13(2)16(21)19(5)11-17(3,4)10-18;/h6-9,13H,10-11,18H2,1-5H3;1H. The predicted molar refractivity (Wildman–Crippen MR) is 94.3 cm³/mol. The van der Waals surface area contributed by atoms with Gasteiger partial charge in [0.15, 0.2) is 11.9 Å². The SMILES string of the molecule is CC(=O)c1cccc(OC(C)C(=O)N(C)CC(C)(C)CN)c1.Cl. The molecule has 130 valence electrons. The molecule has 0 aliphatic heterocycles. The number of ether oxygens (including phenoxy) is 1. The van der Waals surface area contributed by atoms with Crippen LogP contribution in [-0.4, -0.2) is 42.8 Å². The second-order valence-corrected chi connectivity index (χ2v) is 6.41. The summed E-state index contributed by atoms with van der Waals surface area (Å²) in [5.74, 6) is 0.362. The lowest BCUT2D eigenvalue weighted by atomic mass is 9.93. The molecule has 0 spiro atoms. The fourth-order valence-corrected chi connectivity index (χ4v) is 2.14. The first-order valence-corrected chi connectivity index (χ1v) is 7.39. The predicted octanol–water partition coefficient (Wildman–Crippen LogP) is 2.52. The number of hydrogen-bond donors (Lipinski definition) is 1. The molecule has 0 saturated heterocycles. The second-order valence-electron chi connectivity index (χ2n) is 6.41. The molecule has 5 nitrogen and oxygen atoms in total. The minimum absolute atomic E-state index is 0. The number of rotatable bonds is 7. The Bertz CT molecular complexity index is 546. The first-order valence-electron chi connectivity index (χ1n) is 7.39. The van der Waals surface area contributed by atoms with Crippen molar-refractivity contribution >= 4 is 24.1 Å². The van der Waals surface area contributed by atoms with Crippen LogP contribution in [0.2, 0.25) is 0 Å². The summed E-state index contributed by atoms with van der Waals surface area (Å²) in [4.78, 5) is 25.4. The summed E-state index contributed by atoms with van der Waals surface area (Å²) < 4.78 is 5.66. The third kappa shape index (κ3) is 6.59. The molecule has 1 aromatic rings. The Morgan fingerprint density at radius 3 is 2.48 bits per heavy atom. The number of carbonyl (C=O) groups is 2. The Morgan fingerprint density at radius 2 is 1.96 bits per heavy atom. The van der Waals surface area contributed by atoms with Gasteiger partial charge >= 0.3 is 0 Å². The number of ketones is 1. The zero-order chi connectivity index (χ0) is 16.9. The van der Waals surface area contributed by atoms with Crippen LogP contribution in [0.25, 0.3) is 0 Å². The Kier molecular flexibility index (Phi) is 8.28. The van der Waals surface area contributed by atoms with Gasteiger partial charge in [0, 0.05) is 19.2 Å². The maximum atomic E-state index is 12.4. The molecule has 1 unspecified atom stereocenters. The van der Waals surface area contributed by atoms with Crippen molar-refractivity contribution in [3.8, 4) is 5.75 Å². The van der Waals surface area contributed by atoms with Gasteiger partial charge in [0.25, 0.3) is 5.91 Å². The molecule has 23 heavy (non-hydrogen) atoms. The molecule has 1 rings (SSSR count). The molecule has 0 radical (unpaired) electrons. The first-order chi connectivity index (χ1) is 10.2. The van der Waals surface area contributed by atoms with Crippen LogP contribution in [0.5, 0.6) is 5.75 Å². The van der Waals surface area contributed by atoms with Gasteiger partial charge in [0.1, 0.15) is 5.75 Å². The molecule has 0 aliphatic rings. The number of hydrogen-bond acceptors (Lipinski definition) is 4. The van der Waals surface area contributed by atoms with Gasteiger partial charge in [-0.05, 0) is 37.9 Å². The minimum atomic E-state index is -0.624. The fraction of sp³-hybridized carbons (Fsp3) is 0.529. The average molecular weight is 343 g/mol. The van der Waals surface area contributed by atoms with Gasteiger partial charge in [-0.3, -0.25) is 9.59 Å². The quantitative estimate of drug-likeness (QED) is 0.773. The zero-order valence-corrected chi connectivity index (χ0v) is 15.3. The van der Waals surface area contributed by atoms with E-state index in [9.17, 15) is 9.59 Å². The molecule has 0 aromatic heterocycles. The van der Waals surface area contributed by atoms with Crippen LogP contribution in [0.4, 0.5) is 0 Å². The van der Waals surface area contributed by atoms with Crippen LogP contribution in [0.15, 0.2) is 24.3 Å². The van der Waals surface area contributed by atoms with Crippen LogP contribution in [-0.2, 0) is 4.79 Å². The fourth-order valence-electron chi connectivity index (χ4n) is 2.14. The van der Waals surface area contributed by atoms with Crippen molar-refractivity contribution in [2.75, 3.05) is 20.1 Å². The van der Waals surface area contributed by atoms with E-state index in [1.165, 1.54) is 6.92 Å². The first kappa shape index (κ1) is 21.4. The van der Waals surface area contributed by atoms with Gasteiger partial charge < -0.3 is 15.4 Å². The number of nitrogens with zero attached hydrogens (tertiary/aromatic N) is 1. The van der Waals surface area contributed by atoms with Gasteiger partial charge in [0.05, 0.1) is 0 Å². The van der Waals surface area contributed by atoms with Crippen LogP contribution in [0.1, 0.15) is 38.1 Å². The lowest BCUT2D eigenvalue weighted by molar-refractivity contribution is -0.137. The van der Waals surface area contributed by atoms with Gasteiger partial charge in [-0.15, -0.1) is 12.4 Å². The van der Waals surface area contributed by atoms with Gasteiger partial charge in [0.2, 0.25) is 0 Å². The van der Waals surface area contributed by atoms with E-state index in [-0.39, 0.29) is 29.5 Å². The Balaban J connectivity index is 0.00000484. The van der Waals surface area contributed by atoms with Crippen molar-refractivity contribution < 1.29 is 14.3 Å². The monoisotopic (exact) mass is 342 g/mol. The number of likely N-dealkylation sites (N-methyl/N-ethyl adjacent to an activating group) is 1. The maximum absolute atomic E-state index is 12.4. The van der Waals surface area contributed by atoms with Gasteiger partial charge in [-0.1, -0.05) is 26.0 Å². The summed E-state index contributed by atoms with van der Waals surface area (Å²) in [6.07, 6.45) is -0.624. The average Bonchev–Trinajstić information content (AvgIpc) is 2.46. The van der Waals surface area contributed by atoms with Crippen molar-refractivity contribution in [3.05, 3.63) is 29.8 Å². The van der Waals surface area contributed by atoms with Crippen molar-refractivity contribution in [2.24, 2.45) is 11.1 Å². The lowest BCUT2D eigenvalue weighted by Gasteiger charge is -2.30. The molecule has 0 saturated carbocycles. The van der Waals surface area contributed by atoms with E-state index < -0.39 is 6.10 Å². The highest BCUT2D eigenvalue weighted by Crippen LogP contribution is 2.18. The van der Waals surface area contributed by atoms with Crippen LogP contribution < -0.4 is 10.5 Å². The zero-order valence-electron chi connectivity index (χ0n) is 14.5. The molecule has 6 heteroatoms. The number of amides is 1. The third-order valence-electron chi connectivity index (χ3n) is 3.50. The number of Topliss-reactive ketones (excluding diaryl/α,β-unsaturated/α-hetero) is 1. The summed E-state index contributed by atoms with van der Waals surface area (Å²) in [5, 5.41) is 0. The molecular formula is C17H27ClN2O3. The van der Waals surface area contributed by atoms with Crippen molar-refractivity contribution in [1.29, 1.82) is 0 Å². The summed E-state index contributed by atoms with van der Waals surface area (Å²) in [5.41, 5.74) is 6.12. The van der Waals surface area contributed by atoms with E-state index >= 15 is 0 Å². The summed E-state index contributed by atoms with van der Waals surface area (Å²) in [6, 6.07) is 6.85. The molecule has 2 N–H and O–H groups in total. The summed E-state index contributed by atoms with van der Waals surface area (Å²) in [7, 11) is 1.74. The van der Waals surface area contributed by atoms with E-state index in [0.29, 0.717) is 24.4 Å². The second kappa shape index (κ2) is 8.89. The highest BCUT2D eigenvalue weighted by Gasteiger charge is 2.25. The number of halogens is 1. The normalized spacial score (nSPS) is 12.1. The molecule has 0 aliphatic carbocycles. The van der Waals surface area contributed by atoms with Crippen molar-refractivity contribution in [1.82, 2.24) is 4.90 Å². The Hall–Kier alpha value is -1.59. The van der Waals surface area contributed by atoms with Crippen LogP contribution >= 0.6 is 12.4 Å². The number of nitrogens with two attached hydrogens (primary N) is 1. The minimum Gasteiger partial charge on any atom is -0.481 e. The Morgan fingerprint density at radius 1 is 1.35 bits per heavy atom. The molecule has 0 bridgehead atoms. The highest BCUT2D eigenvalue weighted by molar-refractivity contribution is 5.94. The lowest BCUT2D eigenvalue weighted by Crippen LogP contribution is -2.44. The smallest absolute Gasteiger partial charge is 0.263 e.